The summed E-state index contributed by atoms with van der Waals surface area (Å²) in [6.07, 6.45) is 16.4. The van der Waals surface area contributed by atoms with E-state index in [1.807, 2.05) is 29.8 Å². The molecule has 3 aromatic rings. The summed E-state index contributed by atoms with van der Waals surface area (Å²) in [5.74, 6) is 1.35. The van der Waals surface area contributed by atoms with Crippen molar-refractivity contribution in [3.05, 3.63) is 36.2 Å². The first-order chi connectivity index (χ1) is 19.1. The molecule has 0 spiro atoms. The van der Waals surface area contributed by atoms with E-state index in [0.29, 0.717) is 36.5 Å². The first kappa shape index (κ1) is 28.9. The Balaban J connectivity index is 1.26. The van der Waals surface area contributed by atoms with Gasteiger partial charge in [-0.3, -0.25) is 9.78 Å². The van der Waals surface area contributed by atoms with Gasteiger partial charge in [-0.1, -0.05) is 24.6 Å². The number of rotatable bonds is 13. The predicted octanol–water partition coefficient (Wildman–Crippen LogP) is 5.66. The molecule has 1 N–H and O–H groups in total. The van der Waals surface area contributed by atoms with E-state index in [9.17, 15) is 9.90 Å². The van der Waals surface area contributed by atoms with Crippen molar-refractivity contribution in [3.8, 4) is 28.5 Å². The summed E-state index contributed by atoms with van der Waals surface area (Å²) >= 11 is 1.79. The summed E-state index contributed by atoms with van der Waals surface area (Å²) < 4.78 is 13.7. The fraction of sp³-hybridized carbons (Fsp3) is 0.552. The van der Waals surface area contributed by atoms with Crippen molar-refractivity contribution in [1.82, 2.24) is 24.7 Å². The maximum atomic E-state index is 11.6. The van der Waals surface area contributed by atoms with Gasteiger partial charge in [0.1, 0.15) is 18.8 Å². The Bertz CT molecular complexity index is 1330. The molecular formula is C29H39N5O4S2. The van der Waals surface area contributed by atoms with Crippen LogP contribution in [0.5, 0.6) is 5.88 Å². The number of carboxylic acid groups (broad SMARTS) is 1. The van der Waals surface area contributed by atoms with Gasteiger partial charge in [-0.2, -0.15) is 0 Å². The topological polar surface area (TPSA) is 112 Å². The maximum Gasteiger partial charge on any atom is 0.313 e. The Morgan fingerprint density at radius 3 is 2.55 bits per heavy atom. The quantitative estimate of drug-likeness (QED) is 0.254. The van der Waals surface area contributed by atoms with Crippen LogP contribution in [-0.2, 0) is 16.3 Å². The third kappa shape index (κ3) is 6.80. The number of aliphatic carboxylic acids is 1. The zero-order chi connectivity index (χ0) is 28.3. The van der Waals surface area contributed by atoms with E-state index < -0.39 is 21.4 Å². The molecule has 2 aliphatic rings. The van der Waals surface area contributed by atoms with Crippen molar-refractivity contribution in [2.75, 3.05) is 37.7 Å². The van der Waals surface area contributed by atoms with Crippen molar-refractivity contribution in [2.24, 2.45) is 5.41 Å². The molecule has 3 heterocycles. The van der Waals surface area contributed by atoms with Crippen molar-refractivity contribution in [3.63, 3.8) is 0 Å². The van der Waals surface area contributed by atoms with Gasteiger partial charge >= 0.3 is 5.97 Å². The molecule has 3 aromatic heterocycles. The van der Waals surface area contributed by atoms with Crippen molar-refractivity contribution in [2.45, 2.75) is 62.6 Å². The minimum Gasteiger partial charge on any atom is -0.481 e. The Morgan fingerprint density at radius 2 is 1.98 bits per heavy atom. The lowest BCUT2D eigenvalue weighted by Gasteiger charge is -2.36. The Morgan fingerprint density at radius 1 is 1.18 bits per heavy atom. The highest BCUT2D eigenvalue weighted by Gasteiger charge is 2.45. The zero-order valence-electron chi connectivity index (χ0n) is 23.8. The predicted molar refractivity (Wildman–Crippen MR) is 160 cm³/mol. The molecule has 216 valence electrons. The van der Waals surface area contributed by atoms with Gasteiger partial charge in [0.25, 0.3) is 0 Å². The van der Waals surface area contributed by atoms with E-state index in [-0.39, 0.29) is 6.61 Å². The second kappa shape index (κ2) is 12.1. The molecule has 9 nitrogen and oxygen atoms in total. The lowest BCUT2D eigenvalue weighted by Crippen LogP contribution is -2.43. The van der Waals surface area contributed by atoms with Gasteiger partial charge in [0.15, 0.2) is 11.0 Å². The number of carbonyl (C=O) groups is 1. The van der Waals surface area contributed by atoms with Crippen LogP contribution < -0.4 is 4.74 Å². The average Bonchev–Trinajstić information content (AvgIpc) is 3.25. The summed E-state index contributed by atoms with van der Waals surface area (Å²) in [6, 6.07) is 5.78. The molecule has 0 aliphatic heterocycles. The molecule has 2 aliphatic carbocycles. The Hall–Kier alpha value is -2.63. The van der Waals surface area contributed by atoms with Crippen molar-refractivity contribution in [1.29, 1.82) is 0 Å². The fourth-order valence-electron chi connectivity index (χ4n) is 4.52. The highest BCUT2D eigenvalue weighted by atomic mass is 32.3. The van der Waals surface area contributed by atoms with Crippen LogP contribution in [0.4, 0.5) is 0 Å². The van der Waals surface area contributed by atoms with Crippen LogP contribution in [0.1, 0.15) is 44.1 Å². The minimum absolute atomic E-state index is 0.143. The molecule has 2 saturated carbocycles. The van der Waals surface area contributed by atoms with Gasteiger partial charge in [-0.15, -0.1) is 5.10 Å². The number of thioether (sulfide) groups is 1. The molecule has 0 bridgehead atoms. The SMILES string of the molecule is Cc1cc(OCC2(C(=O)O)CCC2)ncc1-c1ccc(-c2nc(SC3CCC3)n(COCCS(C)(C)C)n2)cn1. The third-order valence-corrected chi connectivity index (χ3v) is 10.4. The van der Waals surface area contributed by atoms with Crippen LogP contribution >= 0.6 is 21.8 Å². The molecule has 0 saturated heterocycles. The van der Waals surface area contributed by atoms with Gasteiger partial charge in [-0.25, -0.2) is 24.7 Å². The van der Waals surface area contributed by atoms with Crippen molar-refractivity contribution >= 4 is 27.8 Å². The lowest BCUT2D eigenvalue weighted by atomic mass is 9.69. The van der Waals surface area contributed by atoms with E-state index in [2.05, 4.69) is 23.8 Å². The fourth-order valence-corrected chi connectivity index (χ4v) is 6.36. The van der Waals surface area contributed by atoms with E-state index in [0.717, 1.165) is 46.3 Å². The molecular weight excluding hydrogens is 546 g/mol. The van der Waals surface area contributed by atoms with Gasteiger partial charge in [-0.05, 0) is 69.1 Å². The minimum atomic E-state index is -0.793. The molecule has 0 unspecified atom stereocenters. The molecule has 2 fully saturated rings. The molecule has 5 rings (SSSR count). The number of carboxylic acids is 1. The number of aryl methyl sites for hydroxylation is 1. The van der Waals surface area contributed by atoms with Crippen molar-refractivity contribution < 1.29 is 19.4 Å². The molecule has 0 amide bonds. The smallest absolute Gasteiger partial charge is 0.313 e. The number of hydrogen-bond donors (Lipinski definition) is 1. The number of nitrogens with zero attached hydrogens (tertiary/aromatic N) is 5. The van der Waals surface area contributed by atoms with Crippen LogP contribution in [0.3, 0.4) is 0 Å². The Labute approximate surface area is 241 Å². The zero-order valence-corrected chi connectivity index (χ0v) is 25.4. The second-order valence-corrected chi connectivity index (χ2v) is 17.6. The van der Waals surface area contributed by atoms with Crippen LogP contribution in [-0.4, -0.2) is 78.8 Å². The number of hydrogen-bond acceptors (Lipinski definition) is 8. The normalized spacial score (nSPS) is 17.2. The first-order valence-electron chi connectivity index (χ1n) is 13.8. The van der Waals surface area contributed by atoms with Gasteiger partial charge in [0.2, 0.25) is 5.88 Å². The number of pyridine rings is 2. The first-order valence-corrected chi connectivity index (χ1v) is 17.7. The van der Waals surface area contributed by atoms with Gasteiger partial charge in [0.05, 0.1) is 12.3 Å². The summed E-state index contributed by atoms with van der Waals surface area (Å²) in [5.41, 5.74) is 2.71. The number of aromatic nitrogens is 5. The second-order valence-electron chi connectivity index (χ2n) is 11.7. The monoisotopic (exact) mass is 585 g/mol. The Kier molecular flexibility index (Phi) is 8.72. The lowest BCUT2D eigenvalue weighted by molar-refractivity contribution is -0.157. The molecule has 11 heteroatoms. The van der Waals surface area contributed by atoms with Crippen LogP contribution in [0.15, 0.2) is 35.7 Å². The summed E-state index contributed by atoms with van der Waals surface area (Å²) in [4.78, 5) is 25.6. The van der Waals surface area contributed by atoms with Crippen LogP contribution in [0.25, 0.3) is 22.6 Å². The van der Waals surface area contributed by atoms with Crippen LogP contribution in [0.2, 0.25) is 0 Å². The van der Waals surface area contributed by atoms with E-state index in [1.165, 1.54) is 19.3 Å². The van der Waals surface area contributed by atoms with Crippen LogP contribution in [0, 0.1) is 12.3 Å². The standard InChI is InChI=1S/C29H39N5O4S2/c1-20-15-25(38-18-29(27(35)36)11-6-12-29)31-17-23(20)24-10-9-21(16-30-24)26-32-28(39-22-7-5-8-22)34(33-26)19-37-13-14-40(2,3)4/h9-10,15-17,22H,5-8,11-14,18-19H2,1-4H3,(H,35,36). The molecule has 0 radical (unpaired) electrons. The van der Waals surface area contributed by atoms with Gasteiger partial charge in [0, 0.05) is 40.6 Å². The van der Waals surface area contributed by atoms with E-state index in [4.69, 9.17) is 24.5 Å². The van der Waals surface area contributed by atoms with E-state index in [1.54, 1.807) is 24.2 Å². The molecule has 40 heavy (non-hydrogen) atoms. The van der Waals surface area contributed by atoms with E-state index >= 15 is 0 Å². The third-order valence-electron chi connectivity index (χ3n) is 7.66. The largest absolute Gasteiger partial charge is 0.481 e. The summed E-state index contributed by atoms with van der Waals surface area (Å²) in [6.45, 7) is 3.24. The number of ether oxygens (including phenoxy) is 2. The summed E-state index contributed by atoms with van der Waals surface area (Å²) in [7, 11) is -0.600. The summed E-state index contributed by atoms with van der Waals surface area (Å²) in [5, 5.41) is 15.8. The van der Waals surface area contributed by atoms with Gasteiger partial charge < -0.3 is 14.6 Å². The molecule has 0 aromatic carbocycles. The average molecular weight is 586 g/mol. The highest BCUT2D eigenvalue weighted by molar-refractivity contribution is 8.32. The highest BCUT2D eigenvalue weighted by Crippen LogP contribution is 2.41. The molecule has 0 atom stereocenters. The maximum absolute atomic E-state index is 11.6.